The molecule has 0 saturated carbocycles. The van der Waals surface area contributed by atoms with Crippen molar-refractivity contribution in [1.29, 1.82) is 0 Å². The van der Waals surface area contributed by atoms with E-state index in [0.29, 0.717) is 22.8 Å². The normalized spacial score (nSPS) is 17.3. The second-order valence-corrected chi connectivity index (χ2v) is 7.62. The Labute approximate surface area is 185 Å². The molecular weight excluding hydrogens is 423 g/mol. The fourth-order valence-corrected chi connectivity index (χ4v) is 3.40. The standard InChI is InChI=1S/C22H24ClFN4O3/c1-27-19(13-20(30)28(22(27)31)10-3-11-29)26-21(16-4-2-5-17(23)12-16)25-14-15-6-8-18(24)9-7-15/h2,4-9,12,19,29H,3,10-11,13-14H2,1H3,(H,25,26). The molecule has 1 aliphatic rings. The minimum atomic E-state index is -0.601. The minimum Gasteiger partial charge on any atom is -0.396 e. The number of carbonyl (C=O) groups excluding carboxylic acids is 2. The van der Waals surface area contributed by atoms with E-state index in [0.717, 1.165) is 10.5 Å². The van der Waals surface area contributed by atoms with Crippen LogP contribution in [0.2, 0.25) is 5.02 Å². The van der Waals surface area contributed by atoms with E-state index in [4.69, 9.17) is 16.7 Å². The predicted molar refractivity (Wildman–Crippen MR) is 116 cm³/mol. The summed E-state index contributed by atoms with van der Waals surface area (Å²) in [6.45, 7) is 0.346. The van der Waals surface area contributed by atoms with Gasteiger partial charge in [0.05, 0.1) is 13.0 Å². The van der Waals surface area contributed by atoms with E-state index in [2.05, 4.69) is 10.3 Å². The largest absolute Gasteiger partial charge is 0.396 e. The molecule has 9 heteroatoms. The number of aliphatic hydroxyl groups excluding tert-OH is 1. The molecule has 1 saturated heterocycles. The summed E-state index contributed by atoms with van der Waals surface area (Å²) in [6, 6.07) is 12.7. The van der Waals surface area contributed by atoms with Gasteiger partial charge in [-0.15, -0.1) is 0 Å². The van der Waals surface area contributed by atoms with Gasteiger partial charge in [-0.1, -0.05) is 35.9 Å². The molecular formula is C22H24ClFN4O3. The van der Waals surface area contributed by atoms with Gasteiger partial charge in [0, 0.05) is 30.8 Å². The number of imide groups is 1. The monoisotopic (exact) mass is 446 g/mol. The van der Waals surface area contributed by atoms with E-state index < -0.39 is 12.2 Å². The molecule has 0 spiro atoms. The number of nitrogens with one attached hydrogen (secondary N) is 1. The van der Waals surface area contributed by atoms with Gasteiger partial charge < -0.3 is 15.3 Å². The summed E-state index contributed by atoms with van der Waals surface area (Å²) >= 11 is 6.14. The Bertz CT molecular complexity index is 967. The number of benzene rings is 2. The molecule has 31 heavy (non-hydrogen) atoms. The maximum Gasteiger partial charge on any atom is 0.328 e. The summed E-state index contributed by atoms with van der Waals surface area (Å²) in [7, 11) is 1.61. The number of hydrogen-bond acceptors (Lipinski definition) is 4. The summed E-state index contributed by atoms with van der Waals surface area (Å²) in [5, 5.41) is 12.7. The van der Waals surface area contributed by atoms with Crippen LogP contribution in [0.15, 0.2) is 53.5 Å². The Kier molecular flexibility index (Phi) is 7.59. The van der Waals surface area contributed by atoms with Crippen molar-refractivity contribution in [2.75, 3.05) is 20.2 Å². The van der Waals surface area contributed by atoms with E-state index in [1.165, 1.54) is 17.0 Å². The average Bonchev–Trinajstić information content (AvgIpc) is 2.75. The highest BCUT2D eigenvalue weighted by Crippen LogP contribution is 2.17. The first kappa shape index (κ1) is 22.7. The number of nitrogens with zero attached hydrogens (tertiary/aromatic N) is 3. The Morgan fingerprint density at radius 2 is 2.00 bits per heavy atom. The summed E-state index contributed by atoms with van der Waals surface area (Å²) in [4.78, 5) is 32.4. The number of halogens is 2. The van der Waals surface area contributed by atoms with Gasteiger partial charge in [0.25, 0.3) is 0 Å². The third kappa shape index (κ3) is 5.80. The highest BCUT2D eigenvalue weighted by Gasteiger charge is 2.36. The molecule has 0 radical (unpaired) electrons. The number of carbonyl (C=O) groups is 2. The molecule has 3 amide bonds. The third-order valence-electron chi connectivity index (χ3n) is 4.94. The van der Waals surface area contributed by atoms with Gasteiger partial charge >= 0.3 is 6.03 Å². The average molecular weight is 447 g/mol. The van der Waals surface area contributed by atoms with Crippen LogP contribution in [-0.2, 0) is 11.3 Å². The lowest BCUT2D eigenvalue weighted by atomic mass is 10.1. The zero-order valence-corrected chi connectivity index (χ0v) is 17.8. The fraction of sp³-hybridized carbons (Fsp3) is 0.318. The molecule has 1 aliphatic heterocycles. The van der Waals surface area contributed by atoms with Gasteiger partial charge in [-0.3, -0.25) is 14.7 Å². The molecule has 0 aromatic heterocycles. The van der Waals surface area contributed by atoms with Crippen LogP contribution in [0.1, 0.15) is 24.0 Å². The van der Waals surface area contributed by atoms with Gasteiger partial charge in [-0.2, -0.15) is 0 Å². The topological polar surface area (TPSA) is 85.2 Å². The van der Waals surface area contributed by atoms with Crippen LogP contribution < -0.4 is 5.32 Å². The number of urea groups is 1. The van der Waals surface area contributed by atoms with Crippen molar-refractivity contribution in [3.8, 4) is 0 Å². The number of hydrogen-bond donors (Lipinski definition) is 2. The molecule has 3 rings (SSSR count). The quantitative estimate of drug-likeness (QED) is 0.505. The van der Waals surface area contributed by atoms with Crippen molar-refractivity contribution in [1.82, 2.24) is 15.1 Å². The molecule has 2 aromatic rings. The summed E-state index contributed by atoms with van der Waals surface area (Å²) < 4.78 is 13.2. The Balaban J connectivity index is 1.83. The maximum absolute atomic E-state index is 13.2. The molecule has 1 unspecified atom stereocenters. The van der Waals surface area contributed by atoms with Gasteiger partial charge in [-0.25, -0.2) is 9.18 Å². The van der Waals surface area contributed by atoms with Crippen LogP contribution in [0.4, 0.5) is 9.18 Å². The van der Waals surface area contributed by atoms with Crippen LogP contribution in [-0.4, -0.2) is 59.0 Å². The molecule has 2 aromatic carbocycles. The second kappa shape index (κ2) is 10.4. The molecule has 1 fully saturated rings. The van der Waals surface area contributed by atoms with Crippen molar-refractivity contribution in [2.24, 2.45) is 4.99 Å². The lowest BCUT2D eigenvalue weighted by Gasteiger charge is -2.38. The van der Waals surface area contributed by atoms with Gasteiger partial charge in [-0.05, 0) is 36.2 Å². The summed E-state index contributed by atoms with van der Waals surface area (Å²) in [5.74, 6) is -0.182. The zero-order chi connectivity index (χ0) is 22.4. The first-order chi connectivity index (χ1) is 14.9. The van der Waals surface area contributed by atoms with E-state index >= 15 is 0 Å². The van der Waals surface area contributed by atoms with Gasteiger partial charge in [0.2, 0.25) is 5.91 Å². The van der Waals surface area contributed by atoms with Crippen LogP contribution in [0.25, 0.3) is 0 Å². The minimum absolute atomic E-state index is 0.0593. The zero-order valence-electron chi connectivity index (χ0n) is 17.1. The molecule has 2 N–H and O–H groups in total. The predicted octanol–water partition coefficient (Wildman–Crippen LogP) is 3.01. The van der Waals surface area contributed by atoms with E-state index in [1.54, 1.807) is 37.4 Å². The number of aliphatic hydroxyl groups is 1. The lowest BCUT2D eigenvalue weighted by molar-refractivity contribution is -0.132. The molecule has 1 atom stereocenters. The third-order valence-corrected chi connectivity index (χ3v) is 5.18. The van der Waals surface area contributed by atoms with E-state index in [-0.39, 0.29) is 37.8 Å². The van der Waals surface area contributed by atoms with Crippen LogP contribution in [0, 0.1) is 5.82 Å². The number of rotatable bonds is 7. The highest BCUT2D eigenvalue weighted by atomic mass is 35.5. The van der Waals surface area contributed by atoms with Crippen LogP contribution >= 0.6 is 11.6 Å². The molecule has 0 aliphatic carbocycles. The van der Waals surface area contributed by atoms with Crippen molar-refractivity contribution in [3.63, 3.8) is 0 Å². The van der Waals surface area contributed by atoms with Crippen LogP contribution in [0.5, 0.6) is 0 Å². The molecule has 164 valence electrons. The van der Waals surface area contributed by atoms with Crippen molar-refractivity contribution in [3.05, 3.63) is 70.5 Å². The van der Waals surface area contributed by atoms with E-state index in [9.17, 15) is 14.0 Å². The van der Waals surface area contributed by atoms with Crippen molar-refractivity contribution >= 4 is 29.4 Å². The fourth-order valence-electron chi connectivity index (χ4n) is 3.21. The van der Waals surface area contributed by atoms with E-state index in [1.807, 2.05) is 6.07 Å². The first-order valence-electron chi connectivity index (χ1n) is 9.88. The molecule has 0 bridgehead atoms. The second-order valence-electron chi connectivity index (χ2n) is 7.18. The SMILES string of the molecule is CN1C(=O)N(CCCO)C(=O)CC1NC(=NCc1ccc(F)cc1)c1cccc(Cl)c1. The molecule has 7 nitrogen and oxygen atoms in total. The van der Waals surface area contributed by atoms with Gasteiger partial charge in [0.1, 0.15) is 17.8 Å². The lowest BCUT2D eigenvalue weighted by Crippen LogP contribution is -2.60. The maximum atomic E-state index is 13.2. The number of amidine groups is 1. The molecule has 1 heterocycles. The van der Waals surface area contributed by atoms with Crippen LogP contribution in [0.3, 0.4) is 0 Å². The smallest absolute Gasteiger partial charge is 0.328 e. The first-order valence-corrected chi connectivity index (χ1v) is 10.3. The Morgan fingerprint density at radius 1 is 1.26 bits per heavy atom. The Hall–Kier alpha value is -2.97. The Morgan fingerprint density at radius 3 is 2.68 bits per heavy atom. The van der Waals surface area contributed by atoms with Gasteiger partial charge in [0.15, 0.2) is 0 Å². The number of amides is 3. The highest BCUT2D eigenvalue weighted by molar-refractivity contribution is 6.31. The van der Waals surface area contributed by atoms with Crippen molar-refractivity contribution in [2.45, 2.75) is 25.6 Å². The summed E-state index contributed by atoms with van der Waals surface area (Å²) in [5.41, 5.74) is 1.51. The van der Waals surface area contributed by atoms with Crippen molar-refractivity contribution < 1.29 is 19.1 Å². The number of aliphatic imine (C=N–C) groups is 1. The summed E-state index contributed by atoms with van der Waals surface area (Å²) in [6.07, 6.45) is -0.212.